The first kappa shape index (κ1) is 32.7. The van der Waals surface area contributed by atoms with Crippen LogP contribution in [-0.4, -0.2) is 63.9 Å². The Morgan fingerprint density at radius 2 is 1.40 bits per heavy atom. The second-order valence-electron chi connectivity index (χ2n) is 11.1. The molecule has 0 saturated carbocycles. The van der Waals surface area contributed by atoms with Gasteiger partial charge in [0.05, 0.1) is 6.10 Å². The quantitative estimate of drug-likeness (QED) is 0.219. The van der Waals surface area contributed by atoms with E-state index in [2.05, 4.69) is 80.3 Å². The SMILES string of the molecule is CC(C)(C)c1ccc(C(OC2CCN(CCCCCC(=O)O)CC2)c2ccccc2)cc1.O=C(O)C=CC(=O)O. The number of carboxylic acids is 3. The smallest absolute Gasteiger partial charge is 0.328 e. The summed E-state index contributed by atoms with van der Waals surface area (Å²) in [5.74, 6) is -3.20. The summed E-state index contributed by atoms with van der Waals surface area (Å²) in [6.07, 6.45) is 6.54. The van der Waals surface area contributed by atoms with Gasteiger partial charge in [0.15, 0.2) is 0 Å². The minimum Gasteiger partial charge on any atom is -0.481 e. The maximum Gasteiger partial charge on any atom is 0.328 e. The van der Waals surface area contributed by atoms with Gasteiger partial charge in [-0.05, 0) is 54.3 Å². The Labute approximate surface area is 237 Å². The fourth-order valence-electron chi connectivity index (χ4n) is 4.53. The van der Waals surface area contributed by atoms with Crippen LogP contribution < -0.4 is 0 Å². The number of benzene rings is 2. The van der Waals surface area contributed by atoms with Gasteiger partial charge in [-0.3, -0.25) is 4.79 Å². The predicted octanol–water partition coefficient (Wildman–Crippen LogP) is 5.91. The molecule has 2 aromatic rings. The molecule has 8 heteroatoms. The largest absolute Gasteiger partial charge is 0.481 e. The van der Waals surface area contributed by atoms with Gasteiger partial charge in [0, 0.05) is 31.7 Å². The van der Waals surface area contributed by atoms with Crippen molar-refractivity contribution in [3.63, 3.8) is 0 Å². The molecule has 2 aromatic carbocycles. The molecule has 3 rings (SSSR count). The Morgan fingerprint density at radius 3 is 1.90 bits per heavy atom. The third-order valence-electron chi connectivity index (χ3n) is 6.78. The van der Waals surface area contributed by atoms with Crippen molar-refractivity contribution in [2.45, 2.75) is 76.9 Å². The van der Waals surface area contributed by atoms with E-state index in [9.17, 15) is 14.4 Å². The number of ether oxygens (including phenoxy) is 1. The normalized spacial score (nSPS) is 15.3. The summed E-state index contributed by atoms with van der Waals surface area (Å²) in [4.78, 5) is 32.2. The fourth-order valence-corrected chi connectivity index (χ4v) is 4.53. The predicted molar refractivity (Wildman–Crippen MR) is 154 cm³/mol. The Hall–Kier alpha value is -3.49. The van der Waals surface area contributed by atoms with Crippen molar-refractivity contribution in [2.75, 3.05) is 19.6 Å². The molecule has 0 radical (unpaired) electrons. The number of nitrogens with zero attached hydrogens (tertiary/aromatic N) is 1. The minimum absolute atomic E-state index is 0.0437. The number of unbranched alkanes of at least 4 members (excludes halogenated alkanes) is 2. The summed E-state index contributed by atoms with van der Waals surface area (Å²) in [7, 11) is 0. The van der Waals surface area contributed by atoms with Crippen molar-refractivity contribution in [3.8, 4) is 0 Å². The average Bonchev–Trinajstić information content (AvgIpc) is 2.91. The van der Waals surface area contributed by atoms with Gasteiger partial charge in [-0.25, -0.2) is 9.59 Å². The number of aliphatic carboxylic acids is 3. The van der Waals surface area contributed by atoms with Crippen molar-refractivity contribution < 1.29 is 34.4 Å². The zero-order chi connectivity index (χ0) is 29.5. The van der Waals surface area contributed by atoms with Crippen LogP contribution in [0.25, 0.3) is 0 Å². The van der Waals surface area contributed by atoms with Gasteiger partial charge in [-0.15, -0.1) is 0 Å². The molecule has 0 aromatic heterocycles. The van der Waals surface area contributed by atoms with E-state index in [0.29, 0.717) is 12.2 Å². The first-order valence-electron chi connectivity index (χ1n) is 13.8. The van der Waals surface area contributed by atoms with Gasteiger partial charge in [-0.2, -0.15) is 0 Å². The lowest BCUT2D eigenvalue weighted by atomic mass is 9.86. The molecule has 1 fully saturated rings. The Balaban J connectivity index is 0.000000611. The van der Waals surface area contributed by atoms with E-state index in [1.54, 1.807) is 0 Å². The molecule has 1 saturated heterocycles. The molecule has 0 aliphatic carbocycles. The molecule has 0 bridgehead atoms. The van der Waals surface area contributed by atoms with E-state index in [4.69, 9.17) is 20.1 Å². The van der Waals surface area contributed by atoms with Gasteiger partial charge >= 0.3 is 17.9 Å². The number of hydrogen-bond acceptors (Lipinski definition) is 5. The van der Waals surface area contributed by atoms with Crippen molar-refractivity contribution in [1.82, 2.24) is 4.90 Å². The van der Waals surface area contributed by atoms with Gasteiger partial charge in [-0.1, -0.05) is 81.8 Å². The van der Waals surface area contributed by atoms with Gasteiger partial charge in [0.25, 0.3) is 0 Å². The van der Waals surface area contributed by atoms with E-state index < -0.39 is 17.9 Å². The van der Waals surface area contributed by atoms with E-state index in [0.717, 1.165) is 51.7 Å². The molecule has 8 nitrogen and oxygen atoms in total. The third-order valence-corrected chi connectivity index (χ3v) is 6.78. The van der Waals surface area contributed by atoms with Gasteiger partial charge in [0.1, 0.15) is 6.10 Å². The Morgan fingerprint density at radius 1 is 0.850 bits per heavy atom. The maximum absolute atomic E-state index is 10.6. The van der Waals surface area contributed by atoms with E-state index in [1.807, 2.05) is 0 Å². The number of carbonyl (C=O) groups is 3. The van der Waals surface area contributed by atoms with Crippen molar-refractivity contribution in [3.05, 3.63) is 83.4 Å². The highest BCUT2D eigenvalue weighted by molar-refractivity contribution is 5.89. The minimum atomic E-state index is -1.26. The van der Waals surface area contributed by atoms with Crippen LogP contribution in [0.2, 0.25) is 0 Å². The highest BCUT2D eigenvalue weighted by atomic mass is 16.5. The molecular formula is C32H43NO7. The summed E-state index contributed by atoms with van der Waals surface area (Å²) in [5, 5.41) is 24.4. The summed E-state index contributed by atoms with van der Waals surface area (Å²) in [6.45, 7) is 9.89. The van der Waals surface area contributed by atoms with Crippen LogP contribution in [0, 0.1) is 0 Å². The van der Waals surface area contributed by atoms with Crippen LogP contribution in [0.4, 0.5) is 0 Å². The van der Waals surface area contributed by atoms with Crippen LogP contribution in [0.15, 0.2) is 66.7 Å². The Kier molecular flexibility index (Phi) is 13.6. The number of rotatable bonds is 12. The summed E-state index contributed by atoms with van der Waals surface area (Å²) >= 11 is 0. The molecule has 40 heavy (non-hydrogen) atoms. The molecule has 0 spiro atoms. The van der Waals surface area contributed by atoms with Crippen molar-refractivity contribution >= 4 is 17.9 Å². The van der Waals surface area contributed by atoms with Crippen molar-refractivity contribution in [2.24, 2.45) is 0 Å². The number of piperidine rings is 1. The number of likely N-dealkylation sites (tertiary alicyclic amines) is 1. The number of carboxylic acid groups (broad SMARTS) is 3. The second-order valence-corrected chi connectivity index (χ2v) is 11.1. The van der Waals surface area contributed by atoms with Crippen molar-refractivity contribution in [1.29, 1.82) is 0 Å². The first-order valence-corrected chi connectivity index (χ1v) is 13.8. The summed E-state index contributed by atoms with van der Waals surface area (Å²) in [5.41, 5.74) is 3.90. The summed E-state index contributed by atoms with van der Waals surface area (Å²) < 4.78 is 6.71. The lowest BCUT2D eigenvalue weighted by Crippen LogP contribution is -2.38. The fraction of sp³-hybridized carbons (Fsp3) is 0.469. The third kappa shape index (κ3) is 12.6. The van der Waals surface area contributed by atoms with Crippen LogP contribution >= 0.6 is 0 Å². The monoisotopic (exact) mass is 553 g/mol. The van der Waals surface area contributed by atoms with Gasteiger partial charge < -0.3 is 25.0 Å². The molecule has 1 aliphatic heterocycles. The molecule has 1 unspecified atom stereocenters. The van der Waals surface area contributed by atoms with Crippen LogP contribution in [-0.2, 0) is 24.5 Å². The highest BCUT2D eigenvalue weighted by Gasteiger charge is 2.25. The van der Waals surface area contributed by atoms with Gasteiger partial charge in [0.2, 0.25) is 0 Å². The lowest BCUT2D eigenvalue weighted by molar-refractivity contribution is -0.137. The van der Waals surface area contributed by atoms with Crippen LogP contribution in [0.5, 0.6) is 0 Å². The molecule has 1 aliphatic rings. The second kappa shape index (κ2) is 16.6. The molecule has 218 valence electrons. The zero-order valence-corrected chi connectivity index (χ0v) is 23.8. The molecule has 1 heterocycles. The summed E-state index contributed by atoms with van der Waals surface area (Å²) in [6, 6.07) is 19.5. The molecule has 3 N–H and O–H groups in total. The topological polar surface area (TPSA) is 124 Å². The zero-order valence-electron chi connectivity index (χ0n) is 23.8. The van der Waals surface area contributed by atoms with Crippen LogP contribution in [0.3, 0.4) is 0 Å². The maximum atomic E-state index is 10.6. The highest BCUT2D eigenvalue weighted by Crippen LogP contribution is 2.32. The Bertz CT molecular complexity index is 1070. The van der Waals surface area contributed by atoms with E-state index in [1.165, 1.54) is 16.7 Å². The molecule has 1 atom stereocenters. The number of hydrogen-bond donors (Lipinski definition) is 3. The average molecular weight is 554 g/mol. The first-order chi connectivity index (χ1) is 19.0. The van der Waals surface area contributed by atoms with E-state index >= 15 is 0 Å². The van der Waals surface area contributed by atoms with E-state index in [-0.39, 0.29) is 24.0 Å². The molecular weight excluding hydrogens is 510 g/mol. The lowest BCUT2D eigenvalue weighted by Gasteiger charge is -2.34. The molecule has 0 amide bonds. The van der Waals surface area contributed by atoms with Crippen LogP contribution in [0.1, 0.15) is 82.1 Å². The standard InChI is InChI=1S/C28H39NO3.C4H4O4/c1-28(2,3)24-15-13-23(14-16-24)27(22-10-6-4-7-11-22)32-25-17-20-29(21-18-25)19-9-5-8-12-26(30)31;5-3(6)1-2-4(7)8/h4,6-7,10-11,13-16,25,27H,5,8-9,12,17-21H2,1-3H3,(H,30,31);1-2H,(H,5,6)(H,7,8).